The molecule has 0 radical (unpaired) electrons. The molecule has 9 nitrogen and oxygen atoms in total. The summed E-state index contributed by atoms with van der Waals surface area (Å²) in [7, 11) is -2.13. The lowest BCUT2D eigenvalue weighted by atomic mass is 10.1. The highest BCUT2D eigenvalue weighted by molar-refractivity contribution is 7.98. The van der Waals surface area contributed by atoms with Gasteiger partial charge in [0.2, 0.25) is 5.16 Å². The van der Waals surface area contributed by atoms with Crippen LogP contribution in [0.15, 0.2) is 23.4 Å². The van der Waals surface area contributed by atoms with E-state index in [-0.39, 0.29) is 11.3 Å². The average molecular weight is 344 g/mol. The number of tetrazole rings is 1. The largest absolute Gasteiger partial charge is 0.478 e. The van der Waals surface area contributed by atoms with Crippen molar-refractivity contribution >= 4 is 27.8 Å². The molecule has 0 fully saturated rings. The van der Waals surface area contributed by atoms with Crippen LogP contribution in [0.5, 0.6) is 5.75 Å². The zero-order chi connectivity index (χ0) is 16.3. The van der Waals surface area contributed by atoms with Crippen molar-refractivity contribution in [3.8, 4) is 5.75 Å². The molecule has 0 aliphatic carbocycles. The Balaban J connectivity index is 2.24. The van der Waals surface area contributed by atoms with Crippen LogP contribution >= 0.6 is 11.8 Å². The second-order valence-corrected chi connectivity index (χ2v) is 6.81. The van der Waals surface area contributed by atoms with Crippen LogP contribution < -0.4 is 4.18 Å². The van der Waals surface area contributed by atoms with E-state index in [0.717, 1.165) is 6.26 Å². The highest BCUT2D eigenvalue weighted by Gasteiger charge is 2.16. The number of rotatable bonds is 6. The molecular weight excluding hydrogens is 332 g/mol. The Morgan fingerprint density at radius 3 is 2.73 bits per heavy atom. The summed E-state index contributed by atoms with van der Waals surface area (Å²) in [5.41, 5.74) is 0.455. The molecule has 0 spiro atoms. The Kier molecular flexibility index (Phi) is 4.66. The van der Waals surface area contributed by atoms with Gasteiger partial charge in [0.1, 0.15) is 5.56 Å². The molecular formula is C11H12N4O5S2. The Labute approximate surface area is 130 Å². The highest BCUT2D eigenvalue weighted by Crippen LogP contribution is 2.26. The van der Waals surface area contributed by atoms with Gasteiger partial charge in [0.15, 0.2) is 5.75 Å². The average Bonchev–Trinajstić information content (AvgIpc) is 2.80. The van der Waals surface area contributed by atoms with Crippen LogP contribution in [0.3, 0.4) is 0 Å². The summed E-state index contributed by atoms with van der Waals surface area (Å²) in [4.78, 5) is 11.1. The fourth-order valence-electron chi connectivity index (χ4n) is 1.56. The lowest BCUT2D eigenvalue weighted by Crippen LogP contribution is -2.10. The zero-order valence-corrected chi connectivity index (χ0v) is 13.3. The Morgan fingerprint density at radius 1 is 1.45 bits per heavy atom. The summed E-state index contributed by atoms with van der Waals surface area (Å²) in [6.45, 7) is 0. The molecule has 0 saturated carbocycles. The minimum absolute atomic E-state index is 0.218. The first-order chi connectivity index (χ1) is 10.3. The third-order valence-corrected chi connectivity index (χ3v) is 4.03. The van der Waals surface area contributed by atoms with E-state index < -0.39 is 16.1 Å². The third kappa shape index (κ3) is 4.18. The van der Waals surface area contributed by atoms with E-state index in [1.54, 1.807) is 13.1 Å². The van der Waals surface area contributed by atoms with Crippen LogP contribution in [0.2, 0.25) is 0 Å². The van der Waals surface area contributed by atoms with Gasteiger partial charge in [-0.1, -0.05) is 17.8 Å². The van der Waals surface area contributed by atoms with Gasteiger partial charge in [-0.3, -0.25) is 0 Å². The highest BCUT2D eigenvalue weighted by atomic mass is 32.2. The fraction of sp³-hybridized carbons (Fsp3) is 0.273. The van der Waals surface area contributed by atoms with Gasteiger partial charge in [-0.2, -0.15) is 8.42 Å². The summed E-state index contributed by atoms with van der Waals surface area (Å²) >= 11 is 1.32. The first-order valence-corrected chi connectivity index (χ1v) is 8.67. The van der Waals surface area contributed by atoms with Gasteiger partial charge in [0.05, 0.1) is 6.26 Å². The van der Waals surface area contributed by atoms with E-state index in [1.807, 2.05) is 0 Å². The second kappa shape index (κ2) is 6.32. The maximum atomic E-state index is 11.2. The van der Waals surface area contributed by atoms with Crippen molar-refractivity contribution in [3.63, 3.8) is 0 Å². The number of thioether (sulfide) groups is 1. The predicted octanol–water partition coefficient (Wildman–Crippen LogP) is 0.539. The van der Waals surface area contributed by atoms with Crippen molar-refractivity contribution < 1.29 is 22.5 Å². The van der Waals surface area contributed by atoms with Crippen LogP contribution in [0, 0.1) is 0 Å². The summed E-state index contributed by atoms with van der Waals surface area (Å²) < 4.78 is 28.7. The smallest absolute Gasteiger partial charge is 0.339 e. The Morgan fingerprint density at radius 2 is 2.18 bits per heavy atom. The Hall–Kier alpha value is -2.14. The van der Waals surface area contributed by atoms with Gasteiger partial charge >= 0.3 is 16.1 Å². The topological polar surface area (TPSA) is 124 Å². The van der Waals surface area contributed by atoms with E-state index in [9.17, 15) is 13.2 Å². The lowest BCUT2D eigenvalue weighted by Gasteiger charge is -2.09. The molecule has 11 heteroatoms. The molecule has 2 rings (SSSR count). The normalized spacial score (nSPS) is 11.4. The van der Waals surface area contributed by atoms with E-state index in [4.69, 9.17) is 9.29 Å². The second-order valence-electron chi connectivity index (χ2n) is 4.30. The van der Waals surface area contributed by atoms with Crippen molar-refractivity contribution in [2.75, 3.05) is 6.26 Å². The van der Waals surface area contributed by atoms with E-state index >= 15 is 0 Å². The van der Waals surface area contributed by atoms with Crippen LogP contribution in [-0.4, -0.2) is 46.0 Å². The fourth-order valence-corrected chi connectivity index (χ4v) is 2.81. The van der Waals surface area contributed by atoms with Gasteiger partial charge in [0, 0.05) is 12.8 Å². The minimum Gasteiger partial charge on any atom is -0.478 e. The maximum absolute atomic E-state index is 11.2. The number of carboxylic acids is 1. The molecule has 0 aliphatic heterocycles. The summed E-state index contributed by atoms with van der Waals surface area (Å²) in [5.74, 6) is -1.06. The molecule has 0 unspecified atom stereocenters. The number of hydrogen-bond acceptors (Lipinski definition) is 8. The van der Waals surface area contributed by atoms with Crippen molar-refractivity contribution in [2.45, 2.75) is 10.9 Å². The monoisotopic (exact) mass is 344 g/mol. The molecule has 22 heavy (non-hydrogen) atoms. The molecule has 1 heterocycles. The van der Waals surface area contributed by atoms with Gasteiger partial charge < -0.3 is 9.29 Å². The quantitative estimate of drug-likeness (QED) is 0.590. The lowest BCUT2D eigenvalue weighted by molar-refractivity contribution is 0.0695. The van der Waals surface area contributed by atoms with Gasteiger partial charge in [-0.05, 0) is 28.1 Å². The Bertz CT molecular complexity index is 803. The number of hydrogen-bond donors (Lipinski definition) is 1. The molecule has 118 valence electrons. The van der Waals surface area contributed by atoms with Crippen molar-refractivity contribution in [1.82, 2.24) is 20.2 Å². The molecule has 0 aliphatic rings. The summed E-state index contributed by atoms with van der Waals surface area (Å²) in [6.07, 6.45) is 0.852. The molecule has 1 aromatic heterocycles. The number of carboxylic acid groups (broad SMARTS) is 1. The number of aromatic nitrogens is 4. The molecule has 0 atom stereocenters. The van der Waals surface area contributed by atoms with Crippen molar-refractivity contribution in [1.29, 1.82) is 0 Å². The molecule has 0 saturated heterocycles. The van der Waals surface area contributed by atoms with Crippen LogP contribution in [0.4, 0.5) is 0 Å². The predicted molar refractivity (Wildman–Crippen MR) is 77.2 cm³/mol. The van der Waals surface area contributed by atoms with Gasteiger partial charge in [0.25, 0.3) is 0 Å². The number of aryl methyl sites for hydroxylation is 1. The van der Waals surface area contributed by atoms with Gasteiger partial charge in [-0.25, -0.2) is 9.48 Å². The summed E-state index contributed by atoms with van der Waals surface area (Å²) in [6, 6.07) is 4.25. The van der Waals surface area contributed by atoms with Crippen LogP contribution in [0.25, 0.3) is 0 Å². The first kappa shape index (κ1) is 16.2. The number of carbonyl (C=O) groups is 1. The minimum atomic E-state index is -3.82. The number of benzene rings is 1. The van der Waals surface area contributed by atoms with Crippen LogP contribution in [-0.2, 0) is 22.9 Å². The number of aromatic carboxylic acids is 1. The molecule has 1 N–H and O–H groups in total. The van der Waals surface area contributed by atoms with Crippen molar-refractivity contribution in [3.05, 3.63) is 29.3 Å². The number of nitrogens with zero attached hydrogens (tertiary/aromatic N) is 4. The molecule has 0 amide bonds. The molecule has 0 bridgehead atoms. The molecule has 2 aromatic rings. The maximum Gasteiger partial charge on any atom is 0.339 e. The SMILES string of the molecule is Cn1nnnc1SCc1ccc(C(=O)O)c(OS(C)(=O)=O)c1. The van der Waals surface area contributed by atoms with E-state index in [0.29, 0.717) is 16.5 Å². The van der Waals surface area contributed by atoms with E-state index in [2.05, 4.69) is 15.5 Å². The molecule has 1 aromatic carbocycles. The van der Waals surface area contributed by atoms with Gasteiger partial charge in [-0.15, -0.1) is 5.10 Å². The zero-order valence-electron chi connectivity index (χ0n) is 11.6. The first-order valence-electron chi connectivity index (χ1n) is 5.87. The van der Waals surface area contributed by atoms with Crippen LogP contribution in [0.1, 0.15) is 15.9 Å². The third-order valence-electron chi connectivity index (χ3n) is 2.47. The summed E-state index contributed by atoms with van der Waals surface area (Å²) in [5, 5.41) is 20.6. The standard InChI is InChI=1S/C11H12N4O5S2/c1-15-11(12-13-14-15)21-6-7-3-4-8(10(16)17)9(5-7)20-22(2,18)19/h3-5H,6H2,1-2H3,(H,16,17). The van der Waals surface area contributed by atoms with E-state index in [1.165, 1.54) is 28.6 Å². The van der Waals surface area contributed by atoms with Crippen molar-refractivity contribution in [2.24, 2.45) is 7.05 Å².